The van der Waals surface area contributed by atoms with Gasteiger partial charge in [0.2, 0.25) is 0 Å². The SMILES string of the molecule is Clc1ccc(-c2nc(-c3ccccc3)c(/N=C(/c3ccccc3)N3CCC(Cc4ccccc4)CC3)s2)cc1. The summed E-state index contributed by atoms with van der Waals surface area (Å²) in [5, 5.41) is 2.59. The van der Waals surface area contributed by atoms with Gasteiger partial charge in [0, 0.05) is 34.8 Å². The van der Waals surface area contributed by atoms with Gasteiger partial charge in [-0.05, 0) is 42.9 Å². The molecule has 1 aliphatic heterocycles. The summed E-state index contributed by atoms with van der Waals surface area (Å²) in [7, 11) is 0. The van der Waals surface area contributed by atoms with Gasteiger partial charge in [0.05, 0.1) is 0 Å². The molecular weight excluding hydrogens is 518 g/mol. The third kappa shape index (κ3) is 6.13. The number of halogens is 1. The van der Waals surface area contributed by atoms with E-state index in [4.69, 9.17) is 21.6 Å². The van der Waals surface area contributed by atoms with E-state index < -0.39 is 0 Å². The van der Waals surface area contributed by atoms with Crippen molar-refractivity contribution in [2.45, 2.75) is 19.3 Å². The van der Waals surface area contributed by atoms with Crippen molar-refractivity contribution in [3.05, 3.63) is 131 Å². The lowest BCUT2D eigenvalue weighted by Crippen LogP contribution is -2.39. The Morgan fingerprint density at radius 2 is 1.38 bits per heavy atom. The fourth-order valence-electron chi connectivity index (χ4n) is 5.19. The molecule has 0 atom stereocenters. The van der Waals surface area contributed by atoms with Crippen LogP contribution >= 0.6 is 22.9 Å². The lowest BCUT2D eigenvalue weighted by atomic mass is 9.90. The first-order valence-corrected chi connectivity index (χ1v) is 14.7. The van der Waals surface area contributed by atoms with Crippen molar-refractivity contribution in [2.75, 3.05) is 13.1 Å². The Hall–Kier alpha value is -3.73. The molecule has 0 aliphatic carbocycles. The van der Waals surface area contributed by atoms with Crippen molar-refractivity contribution in [1.29, 1.82) is 0 Å². The van der Waals surface area contributed by atoms with Gasteiger partial charge in [0.15, 0.2) is 0 Å². The quantitative estimate of drug-likeness (QED) is 0.156. The molecule has 1 saturated heterocycles. The van der Waals surface area contributed by atoms with Crippen LogP contribution < -0.4 is 0 Å². The van der Waals surface area contributed by atoms with Crippen LogP contribution in [0.2, 0.25) is 5.02 Å². The molecular formula is C34H30ClN3S. The van der Waals surface area contributed by atoms with E-state index in [2.05, 4.69) is 89.8 Å². The molecule has 39 heavy (non-hydrogen) atoms. The standard InChI is InChI=1S/C34H30ClN3S/c35-30-18-16-29(17-19-30)33-36-31(27-12-6-2-7-13-27)34(39-33)37-32(28-14-8-3-9-15-28)38-22-20-26(21-23-38)24-25-10-4-1-5-11-25/h1-19,26H,20-24H2/b37-32-. The minimum atomic E-state index is 0.695. The highest BCUT2D eigenvalue weighted by Gasteiger charge is 2.24. The molecule has 5 aromatic rings. The summed E-state index contributed by atoms with van der Waals surface area (Å²) in [5.41, 5.74) is 5.60. The fourth-order valence-corrected chi connectivity index (χ4v) is 6.28. The molecule has 0 bridgehead atoms. The van der Waals surface area contributed by atoms with Crippen LogP contribution in [0.4, 0.5) is 5.00 Å². The van der Waals surface area contributed by atoms with Gasteiger partial charge >= 0.3 is 0 Å². The molecule has 0 unspecified atom stereocenters. The predicted molar refractivity (Wildman–Crippen MR) is 165 cm³/mol. The van der Waals surface area contributed by atoms with Crippen LogP contribution in [-0.2, 0) is 6.42 Å². The highest BCUT2D eigenvalue weighted by Crippen LogP contribution is 2.41. The van der Waals surface area contributed by atoms with E-state index in [1.807, 2.05) is 30.3 Å². The maximum absolute atomic E-state index is 6.17. The summed E-state index contributed by atoms with van der Waals surface area (Å²) in [6, 6.07) is 39.7. The maximum atomic E-state index is 6.17. The van der Waals surface area contributed by atoms with Crippen LogP contribution in [0.3, 0.4) is 0 Å². The largest absolute Gasteiger partial charge is 0.356 e. The Morgan fingerprint density at radius 3 is 2.05 bits per heavy atom. The van der Waals surface area contributed by atoms with Crippen molar-refractivity contribution in [2.24, 2.45) is 10.9 Å². The molecule has 2 heterocycles. The van der Waals surface area contributed by atoms with Crippen LogP contribution in [0.15, 0.2) is 120 Å². The molecule has 0 N–H and O–H groups in total. The highest BCUT2D eigenvalue weighted by molar-refractivity contribution is 7.19. The number of piperidine rings is 1. The van der Waals surface area contributed by atoms with Gasteiger partial charge in [0.25, 0.3) is 0 Å². The summed E-state index contributed by atoms with van der Waals surface area (Å²) >= 11 is 7.80. The minimum absolute atomic E-state index is 0.695. The molecule has 0 amide bonds. The first-order valence-electron chi connectivity index (χ1n) is 13.5. The third-order valence-electron chi connectivity index (χ3n) is 7.27. The monoisotopic (exact) mass is 547 g/mol. The van der Waals surface area contributed by atoms with Crippen LogP contribution in [-0.4, -0.2) is 28.8 Å². The van der Waals surface area contributed by atoms with E-state index in [-0.39, 0.29) is 0 Å². The zero-order valence-electron chi connectivity index (χ0n) is 21.7. The average Bonchev–Trinajstić information content (AvgIpc) is 3.42. The molecule has 4 aromatic carbocycles. The molecule has 1 aliphatic rings. The molecule has 6 rings (SSSR count). The number of benzene rings is 4. The van der Waals surface area contributed by atoms with Gasteiger partial charge in [-0.1, -0.05) is 126 Å². The molecule has 5 heteroatoms. The Balaban J connectivity index is 1.35. The molecule has 194 valence electrons. The first-order chi connectivity index (χ1) is 19.2. The van der Waals surface area contributed by atoms with Crippen molar-refractivity contribution in [3.8, 4) is 21.8 Å². The van der Waals surface area contributed by atoms with Gasteiger partial charge < -0.3 is 4.90 Å². The molecule has 1 fully saturated rings. The maximum Gasteiger partial charge on any atom is 0.146 e. The summed E-state index contributed by atoms with van der Waals surface area (Å²) in [4.78, 5) is 12.9. The summed E-state index contributed by atoms with van der Waals surface area (Å²) < 4.78 is 0. The smallest absolute Gasteiger partial charge is 0.146 e. The minimum Gasteiger partial charge on any atom is -0.356 e. The van der Waals surface area contributed by atoms with Crippen LogP contribution in [0, 0.1) is 5.92 Å². The van der Waals surface area contributed by atoms with Crippen LogP contribution in [0.5, 0.6) is 0 Å². The number of aromatic nitrogens is 1. The van der Waals surface area contributed by atoms with E-state index in [9.17, 15) is 0 Å². The van der Waals surface area contributed by atoms with E-state index in [0.717, 1.165) is 75.6 Å². The number of aliphatic imine (C=N–C) groups is 1. The second-order valence-electron chi connectivity index (χ2n) is 9.97. The average molecular weight is 548 g/mol. The molecule has 3 nitrogen and oxygen atoms in total. The van der Waals surface area contributed by atoms with Crippen LogP contribution in [0.25, 0.3) is 21.8 Å². The molecule has 0 spiro atoms. The molecule has 0 radical (unpaired) electrons. The topological polar surface area (TPSA) is 28.5 Å². The number of hydrogen-bond acceptors (Lipinski definition) is 3. The second-order valence-corrected chi connectivity index (χ2v) is 11.4. The highest BCUT2D eigenvalue weighted by atomic mass is 35.5. The predicted octanol–water partition coefficient (Wildman–Crippen LogP) is 9.16. The van der Waals surface area contributed by atoms with E-state index in [1.165, 1.54) is 5.56 Å². The van der Waals surface area contributed by atoms with Crippen molar-refractivity contribution in [1.82, 2.24) is 9.88 Å². The fraction of sp³-hybridized carbons (Fsp3) is 0.176. The van der Waals surface area contributed by atoms with Crippen molar-refractivity contribution >= 4 is 33.8 Å². The Bertz CT molecular complexity index is 1520. The number of nitrogens with zero attached hydrogens (tertiary/aromatic N) is 3. The third-order valence-corrected chi connectivity index (χ3v) is 8.52. The second kappa shape index (κ2) is 12.0. The van der Waals surface area contributed by atoms with E-state index >= 15 is 0 Å². The zero-order chi connectivity index (χ0) is 26.4. The van der Waals surface area contributed by atoms with Gasteiger partial charge in [-0.15, -0.1) is 0 Å². The van der Waals surface area contributed by atoms with Crippen LogP contribution in [0.1, 0.15) is 24.0 Å². The lowest BCUT2D eigenvalue weighted by molar-refractivity contribution is 0.265. The van der Waals surface area contributed by atoms with E-state index in [0.29, 0.717) is 5.92 Å². The number of amidine groups is 1. The number of thiazole rings is 1. The number of likely N-dealkylation sites (tertiary alicyclic amines) is 1. The van der Waals surface area contributed by atoms with Crippen molar-refractivity contribution < 1.29 is 0 Å². The van der Waals surface area contributed by atoms with Gasteiger partial charge in [0.1, 0.15) is 21.5 Å². The Morgan fingerprint density at radius 1 is 0.769 bits per heavy atom. The lowest BCUT2D eigenvalue weighted by Gasteiger charge is -2.34. The van der Waals surface area contributed by atoms with Gasteiger partial charge in [-0.2, -0.15) is 0 Å². The van der Waals surface area contributed by atoms with Gasteiger partial charge in [-0.3, -0.25) is 0 Å². The number of rotatable bonds is 6. The van der Waals surface area contributed by atoms with E-state index in [1.54, 1.807) is 11.3 Å². The molecule has 0 saturated carbocycles. The Labute approximate surface area is 239 Å². The van der Waals surface area contributed by atoms with Gasteiger partial charge in [-0.25, -0.2) is 9.98 Å². The zero-order valence-corrected chi connectivity index (χ0v) is 23.3. The summed E-state index contributed by atoms with van der Waals surface area (Å²) in [5.74, 6) is 1.72. The summed E-state index contributed by atoms with van der Waals surface area (Å²) in [6.45, 7) is 1.99. The molecule has 1 aromatic heterocycles. The van der Waals surface area contributed by atoms with Crippen molar-refractivity contribution in [3.63, 3.8) is 0 Å². The number of hydrogen-bond donors (Lipinski definition) is 0. The normalized spacial score (nSPS) is 14.5. The summed E-state index contributed by atoms with van der Waals surface area (Å²) in [6.07, 6.45) is 3.46. The first kappa shape index (κ1) is 25.5. The Kier molecular flexibility index (Phi) is 7.85.